The molecule has 10 nitrogen and oxygen atoms in total. The molecule has 3 heterocycles. The minimum absolute atomic E-state index is 0.168. The molecule has 1 saturated heterocycles. The zero-order chi connectivity index (χ0) is 22.9. The van der Waals surface area contributed by atoms with Crippen molar-refractivity contribution >= 4 is 67.0 Å². The molecule has 2 aromatic heterocycles. The zero-order valence-electron chi connectivity index (χ0n) is 17.0. The highest BCUT2D eigenvalue weighted by Gasteiger charge is 2.44. The first kappa shape index (κ1) is 18.9. The Labute approximate surface area is 191 Å². The van der Waals surface area contributed by atoms with E-state index in [9.17, 15) is 9.59 Å². The zero-order valence-corrected chi connectivity index (χ0v) is 18.9. The van der Waals surface area contributed by atoms with Crippen LogP contribution in [0.15, 0.2) is 43.0 Å². The summed E-state index contributed by atoms with van der Waals surface area (Å²) < 4.78 is 24.6. The van der Waals surface area contributed by atoms with Gasteiger partial charge >= 0.3 is 0 Å². The maximum Gasteiger partial charge on any atom is 0.256 e. The number of hydrogen-bond donors (Lipinski definition) is 2. The molecule has 3 aromatic rings. The van der Waals surface area contributed by atoms with Gasteiger partial charge in [0.2, 0.25) is 7.21 Å². The van der Waals surface area contributed by atoms with Crippen LogP contribution in [0.1, 0.15) is 16.6 Å². The highest BCUT2D eigenvalue weighted by atomic mass is 127. The molecule has 0 spiro atoms. The number of nitrogens with zero attached hydrogens (tertiary/aromatic N) is 4. The van der Waals surface area contributed by atoms with Gasteiger partial charge < -0.3 is 19.7 Å². The lowest BCUT2D eigenvalue weighted by Gasteiger charge is -2.14. The molecule has 1 aliphatic heterocycles. The van der Waals surface area contributed by atoms with E-state index < -0.39 is 28.7 Å². The van der Waals surface area contributed by atoms with Crippen LogP contribution >= 0.6 is 26.6 Å². The van der Waals surface area contributed by atoms with E-state index in [1.807, 2.05) is 0 Å². The Hall–Kier alpha value is -1.83. The first-order valence-corrected chi connectivity index (χ1v) is 13.7. The molecule has 2 unspecified atom stereocenters. The second-order valence-electron chi connectivity index (χ2n) is 6.22. The van der Waals surface area contributed by atoms with Gasteiger partial charge in [-0.15, -0.1) is 0 Å². The third-order valence-electron chi connectivity index (χ3n) is 4.38. The number of aliphatic hydroxyl groups is 1. The van der Waals surface area contributed by atoms with Crippen molar-refractivity contribution in [3.8, 4) is 0 Å². The summed E-state index contributed by atoms with van der Waals surface area (Å²) in [6.45, 7) is -0.171. The molecule has 0 aliphatic carbocycles. The van der Waals surface area contributed by atoms with Crippen LogP contribution in [-0.2, 0) is 25.9 Å². The van der Waals surface area contributed by atoms with Crippen molar-refractivity contribution in [1.82, 2.24) is 19.5 Å². The predicted molar refractivity (Wildman–Crippen MR) is 120 cm³/mol. The van der Waals surface area contributed by atoms with Gasteiger partial charge in [-0.1, -0.05) is 30.0 Å². The highest BCUT2D eigenvalue weighted by molar-refractivity contribution is 14.2. The quantitative estimate of drug-likeness (QED) is 0.328. The largest absolute Gasteiger partial charge is 0.382 e. The Morgan fingerprint density at radius 2 is 2.27 bits per heavy atom. The van der Waals surface area contributed by atoms with Crippen molar-refractivity contribution < 1.29 is 24.0 Å². The van der Waals surface area contributed by atoms with E-state index in [2.05, 4.69) is 25.4 Å². The van der Waals surface area contributed by atoms with Crippen molar-refractivity contribution in [2.45, 2.75) is 18.4 Å². The maximum absolute atomic E-state index is 12.8. The van der Waals surface area contributed by atoms with Gasteiger partial charge in [-0.25, -0.2) is 15.0 Å². The number of hydrogen-bond acceptors (Lipinski definition) is 9. The molecule has 13 heteroatoms. The van der Waals surface area contributed by atoms with E-state index in [-0.39, 0.29) is 29.5 Å². The smallest absolute Gasteiger partial charge is 0.256 e. The summed E-state index contributed by atoms with van der Waals surface area (Å²) in [5.41, 5.74) is 0.938. The number of aliphatic hydroxyl groups excluding tert-OH is 1. The van der Waals surface area contributed by atoms with Crippen LogP contribution < -0.4 is 5.32 Å². The molecule has 0 radical (unpaired) electrons. The summed E-state index contributed by atoms with van der Waals surface area (Å²) in [5.74, 6) is -0.743. The fourth-order valence-corrected chi connectivity index (χ4v) is 3.90. The molecule has 156 valence electrons. The van der Waals surface area contributed by atoms with Gasteiger partial charge in [-0.2, -0.15) is 0 Å². The molecule has 2 N–H and O–H groups in total. The Morgan fingerprint density at radius 1 is 1.47 bits per heavy atom. The van der Waals surface area contributed by atoms with Gasteiger partial charge in [0.05, 0.1) is 12.9 Å². The molecule has 1 amide bonds. The molecule has 1 fully saturated rings. The van der Waals surface area contributed by atoms with Crippen molar-refractivity contribution in [2.24, 2.45) is 0 Å². The number of Topliss-reactive ketones (excluding diaryl/α,β-unsaturated/α-hetero) is 1. The molecule has 4 atom stereocenters. The number of imidazole rings is 1. The first-order valence-electron chi connectivity index (χ1n) is 9.46. The first-order chi connectivity index (χ1) is 15.3. The van der Waals surface area contributed by atoms with Crippen LogP contribution in [0, 0.1) is 0 Å². The van der Waals surface area contributed by atoms with E-state index in [1.165, 1.54) is 17.2 Å². The Kier molecular flexibility index (Phi) is 5.75. The van der Waals surface area contributed by atoms with Gasteiger partial charge in [-0.05, 0) is 34.2 Å². The fraction of sp³-hybridized carbons (Fsp3) is 0.235. The van der Waals surface area contributed by atoms with Crippen molar-refractivity contribution in [1.29, 1.82) is 2.71 Å². The maximum atomic E-state index is 12.8. The number of ether oxygens (including phenoxy) is 1. The van der Waals surface area contributed by atoms with Crippen LogP contribution in [0.4, 0.5) is 5.82 Å². The monoisotopic (exact) mass is 562 g/mol. The lowest BCUT2D eigenvalue weighted by atomic mass is 10.1. The number of anilines is 1. The molecule has 1 aliphatic rings. The number of fused-ring (bicyclic) bond motifs is 1. The molecule has 0 bridgehead atoms. The van der Waals surface area contributed by atoms with Crippen molar-refractivity contribution in [2.75, 3.05) is 11.9 Å². The average Bonchev–Trinajstić information content (AvgIpc) is 3.33. The van der Waals surface area contributed by atoms with E-state index >= 15 is 0 Å². The van der Waals surface area contributed by atoms with Gasteiger partial charge in [-0.3, -0.25) is 14.2 Å². The minimum atomic E-state index is -2.77. The minimum Gasteiger partial charge on any atom is -0.382 e. The van der Waals surface area contributed by atoms with E-state index in [0.29, 0.717) is 5.56 Å². The normalized spacial score (nSPS) is 24.3. The molecular formula is C17H15IN5O5PS. The molecule has 0 saturated carbocycles. The standard InChI is InChI=1S/C17H15IN5O5PS/c18-29(30)27-6-10-12(24)13(25)17(28-10)23-8-21-11-14(19-7-20-15(11)23)22-16(26)9-4-2-1-3-5-9/h1-5,7-8,10,12,17,24,29H,6H2,(H,19,20,22,26)/t10-,12?,17-/m1/s1/i24T,29D. The van der Waals surface area contributed by atoms with Crippen LogP contribution in [0.25, 0.3) is 11.2 Å². The number of rotatable bonds is 7. The number of benzene rings is 1. The topological polar surface area (TPSA) is 128 Å². The lowest BCUT2D eigenvalue weighted by Crippen LogP contribution is -2.29. The summed E-state index contributed by atoms with van der Waals surface area (Å²) in [7, 11) is 0. The van der Waals surface area contributed by atoms with Crippen LogP contribution in [0.3, 0.4) is 0 Å². The van der Waals surface area contributed by atoms with Crippen LogP contribution in [0.5, 0.6) is 0 Å². The van der Waals surface area contributed by atoms with Gasteiger partial charge in [0.1, 0.15) is 24.3 Å². The number of amides is 1. The van der Waals surface area contributed by atoms with Gasteiger partial charge in [0, 0.05) is 5.56 Å². The van der Waals surface area contributed by atoms with Crippen LogP contribution in [-0.4, -0.2) is 57.8 Å². The third kappa shape index (κ3) is 4.29. The number of aromatic nitrogens is 4. The van der Waals surface area contributed by atoms with Crippen LogP contribution in [0.2, 0.25) is 0 Å². The summed E-state index contributed by atoms with van der Waals surface area (Å²) in [6, 6.07) is 8.60. The Bertz CT molecular complexity index is 1210. The second kappa shape index (κ2) is 9.12. The molecule has 1 aromatic carbocycles. The second-order valence-corrected chi connectivity index (χ2v) is 12.5. The number of carbonyl (C=O) groups excluding carboxylic acids is 2. The van der Waals surface area contributed by atoms with E-state index in [0.717, 1.165) is 0 Å². The summed E-state index contributed by atoms with van der Waals surface area (Å²) in [4.78, 5) is 37.8. The summed E-state index contributed by atoms with van der Waals surface area (Å²) in [5, 5.41) is 7.24. The average molecular weight is 562 g/mol. The number of carbonyl (C=O) groups is 2. The van der Waals surface area contributed by atoms with E-state index in [1.54, 1.807) is 52.4 Å². The number of nitrogens with one attached hydrogen (secondary N) is 1. The molecular weight excluding hydrogens is 544 g/mol. The summed E-state index contributed by atoms with van der Waals surface area (Å²) >= 11 is 6.64. The third-order valence-corrected chi connectivity index (χ3v) is 5.89. The molecule has 4 rings (SSSR count). The Balaban J connectivity index is 1.60. The number of ketones is 1. The predicted octanol–water partition coefficient (Wildman–Crippen LogP) is 1.86. The van der Waals surface area contributed by atoms with Gasteiger partial charge in [0.15, 0.2) is 23.2 Å². The highest BCUT2D eigenvalue weighted by Crippen LogP contribution is 2.35. The van der Waals surface area contributed by atoms with Crippen molar-refractivity contribution in [3.63, 3.8) is 0 Å². The van der Waals surface area contributed by atoms with E-state index in [4.69, 9.17) is 23.8 Å². The van der Waals surface area contributed by atoms with Gasteiger partial charge in [0.25, 0.3) is 5.91 Å². The van der Waals surface area contributed by atoms with Crippen molar-refractivity contribution in [3.05, 3.63) is 48.5 Å². The SMILES string of the molecule is [2H]P(=S)(I)OC[C@H]1O[C@@H](n2cnc3c(NC(=O)c4ccccc4)ncnc32)C(=O)C1O[3H]. The number of halogens is 1. The summed E-state index contributed by atoms with van der Waals surface area (Å²) in [6.07, 6.45) is -0.781. The molecule has 30 heavy (non-hydrogen) atoms. The fourth-order valence-electron chi connectivity index (χ4n) is 2.97. The Morgan fingerprint density at radius 3 is 3.00 bits per heavy atom. The lowest BCUT2D eigenvalue weighted by molar-refractivity contribution is -0.130.